The minimum atomic E-state index is -0.655. The van der Waals surface area contributed by atoms with Crippen molar-refractivity contribution in [2.75, 3.05) is 6.61 Å². The van der Waals surface area contributed by atoms with E-state index in [2.05, 4.69) is 39.8 Å². The van der Waals surface area contributed by atoms with Gasteiger partial charge in [-0.05, 0) is 64.8 Å². The number of rotatable bonds is 7. The summed E-state index contributed by atoms with van der Waals surface area (Å²) in [5.41, 5.74) is 1.81. The van der Waals surface area contributed by atoms with Crippen LogP contribution in [0.2, 0.25) is 11.1 Å². The number of aliphatic hydroxyl groups is 1. The Kier molecular flexibility index (Phi) is 6.96. The number of hydrogen-bond donors (Lipinski definition) is 1. The van der Waals surface area contributed by atoms with Gasteiger partial charge in [0.15, 0.2) is 0 Å². The zero-order valence-corrected chi connectivity index (χ0v) is 16.6. The molecule has 0 aliphatic heterocycles. The summed E-state index contributed by atoms with van der Waals surface area (Å²) in [6.45, 7) is 9.20. The van der Waals surface area contributed by atoms with Gasteiger partial charge in [0.2, 0.25) is 0 Å². The monoisotopic (exact) mass is 361 g/mol. The van der Waals surface area contributed by atoms with Gasteiger partial charge >= 0.3 is 14.8 Å². The minimum absolute atomic E-state index is 0.0740. The average molecular weight is 362 g/mol. The van der Waals surface area contributed by atoms with Crippen LogP contribution in [-0.2, 0) is 9.53 Å². The summed E-state index contributed by atoms with van der Waals surface area (Å²) in [6.07, 6.45) is 0.765. The van der Waals surface area contributed by atoms with E-state index in [0.29, 0.717) is 35.9 Å². The van der Waals surface area contributed by atoms with E-state index < -0.39 is 14.9 Å². The maximum Gasteiger partial charge on any atom is 0.357 e. The summed E-state index contributed by atoms with van der Waals surface area (Å²) < 4.78 is 5.29. The van der Waals surface area contributed by atoms with Crippen molar-refractivity contribution in [2.24, 2.45) is 5.92 Å². The molecule has 1 N–H and O–H groups in total. The van der Waals surface area contributed by atoms with E-state index in [9.17, 15) is 14.7 Å². The predicted molar refractivity (Wildman–Crippen MR) is 101 cm³/mol. The van der Waals surface area contributed by atoms with E-state index in [4.69, 9.17) is 4.74 Å². The molecule has 0 heterocycles. The molecule has 2 atom stereocenters. The van der Waals surface area contributed by atoms with Gasteiger partial charge in [-0.2, -0.15) is 0 Å². The van der Waals surface area contributed by atoms with E-state index in [-0.39, 0.29) is 24.3 Å². The van der Waals surface area contributed by atoms with Crippen LogP contribution in [0.1, 0.15) is 57.3 Å². The highest BCUT2D eigenvalue weighted by Crippen LogP contribution is 2.25. The first-order valence-corrected chi connectivity index (χ1v) is 10.8. The Hall–Kier alpha value is -1.46. The molecule has 0 radical (unpaired) electrons. The Bertz CT molecular complexity index is 586. The van der Waals surface area contributed by atoms with E-state index in [1.165, 1.54) is 5.19 Å². The van der Waals surface area contributed by atoms with Crippen LogP contribution in [0, 0.1) is 5.92 Å². The molecule has 1 aromatic rings. The molecule has 0 saturated heterocycles. The Balaban J connectivity index is 1.91. The van der Waals surface area contributed by atoms with E-state index in [0.717, 1.165) is 0 Å². The lowest BCUT2D eigenvalue weighted by atomic mass is 10.0. The third-order valence-electron chi connectivity index (χ3n) is 4.92. The van der Waals surface area contributed by atoms with E-state index >= 15 is 0 Å². The number of aliphatic hydroxyl groups excluding tert-OH is 1. The summed E-state index contributed by atoms with van der Waals surface area (Å²) in [7, 11) is -0.655. The normalized spacial score (nSPS) is 20.4. The van der Waals surface area contributed by atoms with Gasteiger partial charge in [0, 0.05) is 12.3 Å². The van der Waals surface area contributed by atoms with Gasteiger partial charge in [-0.1, -0.05) is 0 Å². The number of Topliss-reactive ketones (excluding diaryl/α,β-unsaturated/α-hetero) is 1. The number of ether oxygens (including phenoxy) is 1. The first kappa shape index (κ1) is 19.9. The third-order valence-corrected chi connectivity index (χ3v) is 8.41. The van der Waals surface area contributed by atoms with Crippen LogP contribution >= 0.6 is 0 Å². The van der Waals surface area contributed by atoms with Crippen LogP contribution in [0.25, 0.3) is 0 Å². The molecule has 2 rings (SSSR count). The van der Waals surface area contributed by atoms with Crippen LogP contribution in [0.5, 0.6) is 0 Å². The van der Waals surface area contributed by atoms with Gasteiger partial charge < -0.3 is 9.84 Å². The molecule has 1 saturated carbocycles. The molecular formula is C20H29O4Si+. The van der Waals surface area contributed by atoms with Crippen LogP contribution in [0.4, 0.5) is 0 Å². The number of hydrogen-bond acceptors (Lipinski definition) is 4. The minimum Gasteiger partial charge on any atom is -0.462 e. The van der Waals surface area contributed by atoms with Gasteiger partial charge in [0.25, 0.3) is 0 Å². The number of ketones is 1. The number of carbonyl (C=O) groups is 2. The third kappa shape index (κ3) is 5.01. The molecule has 5 heteroatoms. The van der Waals surface area contributed by atoms with Crippen molar-refractivity contribution in [3.05, 3.63) is 29.8 Å². The first-order chi connectivity index (χ1) is 11.8. The summed E-state index contributed by atoms with van der Waals surface area (Å²) >= 11 is 0. The highest BCUT2D eigenvalue weighted by Gasteiger charge is 2.37. The van der Waals surface area contributed by atoms with Crippen LogP contribution in [0.15, 0.2) is 24.3 Å². The lowest BCUT2D eigenvalue weighted by Crippen LogP contribution is -2.35. The average Bonchev–Trinajstić information content (AvgIpc) is 2.86. The molecule has 1 aromatic carbocycles. The summed E-state index contributed by atoms with van der Waals surface area (Å²) in [6, 6.07) is 7.77. The largest absolute Gasteiger partial charge is 0.462 e. The molecule has 0 bridgehead atoms. The fourth-order valence-corrected chi connectivity index (χ4v) is 6.96. The quantitative estimate of drug-likeness (QED) is 0.599. The standard InChI is InChI=1S/C20H29O4Si/c1-13(2)25(14(3)4)16-7-5-15(6-8-16)20(23)24-12-11-17-18(21)9-10-19(17)22/h5-8,13-14,17-18,21H,9-12H2,1-4H3/q+1/t17-,18?/m1/s1. The Morgan fingerprint density at radius 3 is 2.28 bits per heavy atom. The Morgan fingerprint density at radius 1 is 1.20 bits per heavy atom. The zero-order chi connectivity index (χ0) is 18.6. The molecular weight excluding hydrogens is 332 g/mol. The molecule has 0 aromatic heterocycles. The Labute approximate surface area is 152 Å². The second-order valence-corrected chi connectivity index (χ2v) is 11.2. The van der Waals surface area contributed by atoms with Crippen molar-refractivity contribution in [2.45, 2.75) is 64.1 Å². The van der Waals surface area contributed by atoms with Crippen molar-refractivity contribution in [1.82, 2.24) is 0 Å². The van der Waals surface area contributed by atoms with Crippen molar-refractivity contribution in [1.29, 1.82) is 0 Å². The highest BCUT2D eigenvalue weighted by atomic mass is 28.3. The number of esters is 1. The van der Waals surface area contributed by atoms with Crippen LogP contribution in [0.3, 0.4) is 0 Å². The van der Waals surface area contributed by atoms with Crippen LogP contribution in [-0.4, -0.2) is 38.4 Å². The molecule has 1 aliphatic rings. The maximum absolute atomic E-state index is 12.2. The molecule has 1 unspecified atom stereocenters. The SMILES string of the molecule is CC(C)[Si+](c1ccc(C(=O)OCC[C@H]2C(=O)CCC2O)cc1)C(C)C. The fourth-order valence-electron chi connectivity index (χ4n) is 3.74. The van der Waals surface area contributed by atoms with Crippen molar-refractivity contribution >= 4 is 25.7 Å². The topological polar surface area (TPSA) is 63.6 Å². The van der Waals surface area contributed by atoms with Gasteiger partial charge in [0.1, 0.15) is 5.78 Å². The smallest absolute Gasteiger partial charge is 0.357 e. The highest BCUT2D eigenvalue weighted by molar-refractivity contribution is 6.75. The molecule has 25 heavy (non-hydrogen) atoms. The molecule has 0 amide bonds. The molecule has 4 nitrogen and oxygen atoms in total. The van der Waals surface area contributed by atoms with Gasteiger partial charge in [0.05, 0.1) is 34.5 Å². The van der Waals surface area contributed by atoms with Gasteiger partial charge in [-0.15, -0.1) is 0 Å². The number of benzene rings is 1. The molecule has 1 fully saturated rings. The van der Waals surface area contributed by atoms with Gasteiger partial charge in [-0.25, -0.2) is 4.79 Å². The second kappa shape index (κ2) is 8.76. The Morgan fingerprint density at radius 2 is 1.80 bits per heavy atom. The predicted octanol–water partition coefficient (Wildman–Crippen LogP) is 3.10. The zero-order valence-electron chi connectivity index (χ0n) is 15.6. The lowest BCUT2D eigenvalue weighted by molar-refractivity contribution is -0.122. The summed E-state index contributed by atoms with van der Waals surface area (Å²) in [4.78, 5) is 23.8. The van der Waals surface area contributed by atoms with Crippen molar-refractivity contribution in [3.8, 4) is 0 Å². The first-order valence-electron chi connectivity index (χ1n) is 9.16. The second-order valence-electron chi connectivity index (χ2n) is 7.45. The summed E-state index contributed by atoms with van der Waals surface area (Å²) in [5.74, 6) is -0.670. The molecule has 0 spiro atoms. The van der Waals surface area contributed by atoms with Crippen LogP contribution < -0.4 is 5.19 Å². The molecule has 1 aliphatic carbocycles. The lowest BCUT2D eigenvalue weighted by Gasteiger charge is -2.13. The van der Waals surface area contributed by atoms with Gasteiger partial charge in [-0.3, -0.25) is 4.79 Å². The molecule has 136 valence electrons. The summed E-state index contributed by atoms with van der Waals surface area (Å²) in [5, 5.41) is 11.1. The van der Waals surface area contributed by atoms with Crippen molar-refractivity contribution in [3.63, 3.8) is 0 Å². The number of carbonyl (C=O) groups excluding carboxylic acids is 2. The van der Waals surface area contributed by atoms with Crippen molar-refractivity contribution < 1.29 is 19.4 Å². The maximum atomic E-state index is 12.2. The van der Waals surface area contributed by atoms with E-state index in [1.54, 1.807) is 0 Å². The van der Waals surface area contributed by atoms with E-state index in [1.807, 2.05) is 12.1 Å². The fraction of sp³-hybridized carbons (Fsp3) is 0.600.